The fourth-order valence-corrected chi connectivity index (χ4v) is 2.46. The number of carbonyl (C=O) groups excluding carboxylic acids is 1. The Labute approximate surface area is 106 Å². The number of primary amides is 1. The van der Waals surface area contributed by atoms with Crippen LogP contribution in [0.4, 0.5) is 15.8 Å². The Bertz CT molecular complexity index is 464. The maximum Gasteiger partial charge on any atom is 0.222 e. The van der Waals surface area contributed by atoms with Gasteiger partial charge in [0.1, 0.15) is 5.82 Å². The van der Waals surface area contributed by atoms with Gasteiger partial charge in [-0.25, -0.2) is 4.39 Å². The Kier molecular flexibility index (Phi) is 3.41. The smallest absolute Gasteiger partial charge is 0.222 e. The van der Waals surface area contributed by atoms with Crippen LogP contribution in [0.5, 0.6) is 0 Å². The second-order valence-corrected chi connectivity index (χ2v) is 4.88. The fraction of sp³-hybridized carbons (Fsp3) is 0.462. The summed E-state index contributed by atoms with van der Waals surface area (Å²) in [6.07, 6.45) is 1.68. The predicted octanol–water partition coefficient (Wildman–Crippen LogP) is 1.50. The quantitative estimate of drug-likeness (QED) is 0.782. The molecule has 1 amide bonds. The molecule has 1 heterocycles. The molecule has 0 saturated carbocycles. The third-order valence-electron chi connectivity index (χ3n) is 3.58. The van der Waals surface area contributed by atoms with E-state index in [9.17, 15) is 9.18 Å². The highest BCUT2D eigenvalue weighted by Gasteiger charge is 2.29. The van der Waals surface area contributed by atoms with Gasteiger partial charge in [-0.15, -0.1) is 0 Å². The van der Waals surface area contributed by atoms with E-state index in [2.05, 4.69) is 6.92 Å². The molecule has 0 aliphatic carbocycles. The zero-order valence-corrected chi connectivity index (χ0v) is 10.4. The molecule has 1 aliphatic heterocycles. The second kappa shape index (κ2) is 4.84. The molecule has 2 rings (SSSR count). The van der Waals surface area contributed by atoms with Gasteiger partial charge in [-0.05, 0) is 38.0 Å². The molecule has 1 aromatic carbocycles. The number of anilines is 2. The van der Waals surface area contributed by atoms with Crippen molar-refractivity contribution in [1.82, 2.24) is 0 Å². The zero-order chi connectivity index (χ0) is 13.3. The van der Waals surface area contributed by atoms with Crippen molar-refractivity contribution in [2.24, 2.45) is 11.7 Å². The molecule has 0 bridgehead atoms. The summed E-state index contributed by atoms with van der Waals surface area (Å²) in [5, 5.41) is 0. The van der Waals surface area contributed by atoms with E-state index < -0.39 is 0 Å². The Morgan fingerprint density at radius 2 is 2.17 bits per heavy atom. The summed E-state index contributed by atoms with van der Waals surface area (Å²) in [5.74, 6) is -0.800. The molecule has 1 fully saturated rings. The number of nitrogens with two attached hydrogens (primary N) is 2. The average Bonchev–Trinajstić information content (AvgIpc) is 2.30. The first-order chi connectivity index (χ1) is 8.49. The van der Waals surface area contributed by atoms with Gasteiger partial charge in [0.2, 0.25) is 5.91 Å². The van der Waals surface area contributed by atoms with Gasteiger partial charge < -0.3 is 16.4 Å². The number of carbonyl (C=O) groups is 1. The van der Waals surface area contributed by atoms with Crippen LogP contribution in [0.1, 0.15) is 19.8 Å². The first kappa shape index (κ1) is 12.7. The van der Waals surface area contributed by atoms with E-state index in [1.165, 1.54) is 12.1 Å². The minimum atomic E-state index is -0.354. The highest BCUT2D eigenvalue weighted by atomic mass is 19.1. The molecule has 0 spiro atoms. The van der Waals surface area contributed by atoms with E-state index in [1.807, 2.05) is 4.90 Å². The highest BCUT2D eigenvalue weighted by Crippen LogP contribution is 2.31. The van der Waals surface area contributed by atoms with Gasteiger partial charge in [-0.1, -0.05) is 0 Å². The third-order valence-corrected chi connectivity index (χ3v) is 3.58. The normalized spacial score (nSPS) is 24.0. The van der Waals surface area contributed by atoms with Crippen molar-refractivity contribution in [1.29, 1.82) is 0 Å². The molecule has 18 heavy (non-hydrogen) atoms. The largest absolute Gasteiger partial charge is 0.397 e. The lowest BCUT2D eigenvalue weighted by molar-refractivity contribution is -0.122. The van der Waals surface area contributed by atoms with Gasteiger partial charge in [0.25, 0.3) is 0 Å². The van der Waals surface area contributed by atoms with Crippen LogP contribution in [-0.2, 0) is 4.79 Å². The van der Waals surface area contributed by atoms with Gasteiger partial charge in [0, 0.05) is 12.6 Å². The van der Waals surface area contributed by atoms with Crippen LogP contribution >= 0.6 is 0 Å². The van der Waals surface area contributed by atoms with Crippen LogP contribution in [0, 0.1) is 11.7 Å². The number of hydrogen-bond acceptors (Lipinski definition) is 3. The molecule has 1 saturated heterocycles. The van der Waals surface area contributed by atoms with E-state index in [-0.39, 0.29) is 23.7 Å². The molecule has 1 aliphatic rings. The lowest BCUT2D eigenvalue weighted by Gasteiger charge is -2.39. The van der Waals surface area contributed by atoms with Gasteiger partial charge in [-0.2, -0.15) is 0 Å². The molecular formula is C13H18FN3O. The van der Waals surface area contributed by atoms with E-state index in [0.29, 0.717) is 12.2 Å². The minimum absolute atomic E-state index is 0.161. The van der Waals surface area contributed by atoms with Crippen molar-refractivity contribution in [3.05, 3.63) is 24.0 Å². The van der Waals surface area contributed by atoms with E-state index in [1.54, 1.807) is 6.07 Å². The van der Waals surface area contributed by atoms with Crippen LogP contribution in [0.15, 0.2) is 18.2 Å². The Morgan fingerprint density at radius 1 is 1.44 bits per heavy atom. The molecule has 0 aromatic heterocycles. The van der Waals surface area contributed by atoms with Crippen LogP contribution in [0.2, 0.25) is 0 Å². The monoisotopic (exact) mass is 251 g/mol. The van der Waals surface area contributed by atoms with Crippen LogP contribution in [0.25, 0.3) is 0 Å². The molecule has 4 nitrogen and oxygen atoms in total. The summed E-state index contributed by atoms with van der Waals surface area (Å²) in [5.41, 5.74) is 12.4. The molecule has 5 heteroatoms. The number of benzene rings is 1. The second-order valence-electron chi connectivity index (χ2n) is 4.88. The summed E-state index contributed by atoms with van der Waals surface area (Å²) < 4.78 is 13.0. The van der Waals surface area contributed by atoms with Crippen molar-refractivity contribution >= 4 is 17.3 Å². The number of hydrogen-bond donors (Lipinski definition) is 2. The Hall–Kier alpha value is -1.78. The molecule has 4 N–H and O–H groups in total. The fourth-order valence-electron chi connectivity index (χ4n) is 2.46. The summed E-state index contributed by atoms with van der Waals surface area (Å²) in [6.45, 7) is 2.62. The minimum Gasteiger partial charge on any atom is -0.397 e. The maximum atomic E-state index is 13.0. The number of amides is 1. The first-order valence-electron chi connectivity index (χ1n) is 6.10. The molecular weight excluding hydrogens is 233 g/mol. The molecule has 0 radical (unpaired) electrons. The first-order valence-corrected chi connectivity index (χ1v) is 6.10. The summed E-state index contributed by atoms with van der Waals surface area (Å²) in [7, 11) is 0. The average molecular weight is 251 g/mol. The zero-order valence-electron chi connectivity index (χ0n) is 10.4. The predicted molar refractivity (Wildman–Crippen MR) is 69.5 cm³/mol. The summed E-state index contributed by atoms with van der Waals surface area (Å²) in [6, 6.07) is 4.61. The number of nitrogen functional groups attached to an aromatic ring is 1. The van der Waals surface area contributed by atoms with Crippen LogP contribution in [0.3, 0.4) is 0 Å². The van der Waals surface area contributed by atoms with Crippen molar-refractivity contribution < 1.29 is 9.18 Å². The van der Waals surface area contributed by atoms with Crippen LogP contribution < -0.4 is 16.4 Å². The van der Waals surface area contributed by atoms with Gasteiger partial charge in [0.05, 0.1) is 17.3 Å². The molecule has 2 atom stereocenters. The molecule has 1 aromatic rings. The summed E-state index contributed by atoms with van der Waals surface area (Å²) in [4.78, 5) is 13.3. The molecule has 98 valence electrons. The molecule has 2 unspecified atom stereocenters. The number of piperidine rings is 1. The van der Waals surface area contributed by atoms with Gasteiger partial charge in [-0.3, -0.25) is 4.79 Å². The van der Waals surface area contributed by atoms with Crippen molar-refractivity contribution in [2.45, 2.75) is 25.8 Å². The van der Waals surface area contributed by atoms with Gasteiger partial charge in [0.15, 0.2) is 0 Å². The standard InChI is InChI=1S/C13H18FN3O/c1-8-2-3-9(13(16)18)7-17(8)12-5-4-10(14)6-11(12)15/h4-6,8-9H,2-3,7,15H2,1H3,(H2,16,18). The SMILES string of the molecule is CC1CCC(C(N)=O)CN1c1ccc(F)cc1N. The van der Waals surface area contributed by atoms with E-state index in [0.717, 1.165) is 18.5 Å². The van der Waals surface area contributed by atoms with Gasteiger partial charge >= 0.3 is 0 Å². The topological polar surface area (TPSA) is 72.4 Å². The van der Waals surface area contributed by atoms with Crippen molar-refractivity contribution in [3.63, 3.8) is 0 Å². The number of nitrogens with zero attached hydrogens (tertiary/aromatic N) is 1. The third kappa shape index (κ3) is 2.39. The van der Waals surface area contributed by atoms with E-state index >= 15 is 0 Å². The lowest BCUT2D eigenvalue weighted by Crippen LogP contribution is -2.46. The number of halogens is 1. The lowest BCUT2D eigenvalue weighted by atomic mass is 9.92. The Morgan fingerprint density at radius 3 is 2.78 bits per heavy atom. The summed E-state index contributed by atoms with van der Waals surface area (Å²) >= 11 is 0. The van der Waals surface area contributed by atoms with Crippen LogP contribution in [-0.4, -0.2) is 18.5 Å². The van der Waals surface area contributed by atoms with E-state index in [4.69, 9.17) is 11.5 Å². The maximum absolute atomic E-state index is 13.0. The number of rotatable bonds is 2. The highest BCUT2D eigenvalue weighted by molar-refractivity contribution is 5.78. The van der Waals surface area contributed by atoms with Crippen molar-refractivity contribution in [2.75, 3.05) is 17.2 Å². The van der Waals surface area contributed by atoms with Crippen molar-refractivity contribution in [3.8, 4) is 0 Å². The Balaban J connectivity index is 2.26.